The number of likely N-dealkylation sites (tertiary alicyclic amines) is 2. The van der Waals surface area contributed by atoms with E-state index in [0.29, 0.717) is 0 Å². The van der Waals surface area contributed by atoms with Gasteiger partial charge in [-0.3, -0.25) is 19.8 Å². The summed E-state index contributed by atoms with van der Waals surface area (Å²) in [4.78, 5) is 18.2. The Hall–Kier alpha value is -4.53. The van der Waals surface area contributed by atoms with Gasteiger partial charge >= 0.3 is 0 Å². The second-order valence-corrected chi connectivity index (χ2v) is 20.7. The second-order valence-electron chi connectivity index (χ2n) is 19.0. The van der Waals surface area contributed by atoms with Crippen molar-refractivity contribution in [2.24, 2.45) is 20.7 Å². The van der Waals surface area contributed by atoms with Crippen molar-refractivity contribution in [1.29, 1.82) is 0 Å². The van der Waals surface area contributed by atoms with Crippen molar-refractivity contribution >= 4 is 66.4 Å². The summed E-state index contributed by atoms with van der Waals surface area (Å²) < 4.78 is 18.3. The molecule has 3 saturated carbocycles. The fraction of sp³-hybridized carbons (Fsp3) is 0.537. The molecule has 3 aromatic rings. The van der Waals surface area contributed by atoms with Crippen molar-refractivity contribution in [3.63, 3.8) is 0 Å². The molecule has 3 aliphatic carbocycles. The van der Waals surface area contributed by atoms with Gasteiger partial charge in [0, 0.05) is 25.5 Å². The first-order valence-electron chi connectivity index (χ1n) is 24.3. The van der Waals surface area contributed by atoms with Gasteiger partial charge in [0.1, 0.15) is 34.8 Å². The molecule has 11 rings (SSSR count). The molecule has 0 unspecified atom stereocenters. The Balaban J connectivity index is 0.000000128. The zero-order chi connectivity index (χ0) is 47.2. The third-order valence-corrected chi connectivity index (χ3v) is 16.6. The summed E-state index contributed by atoms with van der Waals surface area (Å²) >= 11 is 7.00. The van der Waals surface area contributed by atoms with Gasteiger partial charge in [-0.1, -0.05) is 49.9 Å². The van der Waals surface area contributed by atoms with E-state index < -0.39 is 0 Å². The van der Waals surface area contributed by atoms with E-state index in [1.807, 2.05) is 20.2 Å². The van der Waals surface area contributed by atoms with Crippen LogP contribution in [-0.2, 0) is 16.2 Å². The number of nitrogens with one attached hydrogen (secondary N) is 2. The molecular weight excluding hydrogens is 968 g/mol. The van der Waals surface area contributed by atoms with Crippen LogP contribution in [-0.4, -0.2) is 102 Å². The molecule has 3 aromatic carbocycles. The van der Waals surface area contributed by atoms with E-state index in [0.717, 1.165) is 92.3 Å². The quantitative estimate of drug-likeness (QED) is 0.216. The largest absolute Gasteiger partial charge is 0.496 e. The van der Waals surface area contributed by atoms with Crippen LogP contribution < -0.4 is 30.6 Å². The maximum Gasteiger partial charge on any atom is 0.134 e. The third kappa shape index (κ3) is 9.60. The van der Waals surface area contributed by atoms with Crippen molar-refractivity contribution in [2.75, 3.05) is 85.3 Å². The molecule has 13 heteroatoms. The molecule has 0 aromatic heterocycles. The van der Waals surface area contributed by atoms with E-state index in [9.17, 15) is 0 Å². The molecule has 5 aliphatic heterocycles. The number of anilines is 2. The highest BCUT2D eigenvalue weighted by atomic mass is 79.9. The number of benzene rings is 3. The average molecular weight is 1040 g/mol. The van der Waals surface area contributed by atoms with Crippen LogP contribution in [0.25, 0.3) is 0 Å². The first-order valence-corrected chi connectivity index (χ1v) is 25.9. The molecule has 4 N–H and O–H groups in total. The molecule has 0 atom stereocenters. The topological polar surface area (TPSA) is 121 Å². The Morgan fingerprint density at radius 3 is 1.55 bits per heavy atom. The molecule has 5 fully saturated rings. The molecular formula is C54H68Br2N8O3. The van der Waals surface area contributed by atoms with Gasteiger partial charge in [-0.05, 0) is 175 Å². The van der Waals surface area contributed by atoms with Gasteiger partial charge in [0.25, 0.3) is 0 Å². The fourth-order valence-electron chi connectivity index (χ4n) is 11.1. The minimum Gasteiger partial charge on any atom is -0.496 e. The van der Waals surface area contributed by atoms with Crippen LogP contribution in [0.4, 0.5) is 17.1 Å². The lowest BCUT2D eigenvalue weighted by Gasteiger charge is -2.38. The number of halogens is 2. The Morgan fingerprint density at radius 1 is 0.627 bits per heavy atom. The SMILES string of the molecule is C#CCN1CCCCC1.CN=C1Nc2cc(Br)c(OC)cc2C12CCC2.CN=C1Nc2cc(C#CCN3CCCCC3)c(OC)cc2C12CCC2.COc1cc2c(cc1Br)N=C(N)C21CCC1. The Labute approximate surface area is 415 Å². The number of ether oxygens (including phenoxy) is 3. The predicted molar refractivity (Wildman–Crippen MR) is 283 cm³/mol. The minimum atomic E-state index is 0.0172. The number of hydrogen-bond acceptors (Lipinski definition) is 9. The lowest BCUT2D eigenvalue weighted by atomic mass is 9.64. The van der Waals surface area contributed by atoms with Gasteiger partial charge in [0.2, 0.25) is 0 Å². The van der Waals surface area contributed by atoms with Gasteiger partial charge in [-0.15, -0.1) is 6.42 Å². The summed E-state index contributed by atoms with van der Waals surface area (Å²) in [6.07, 6.45) is 23.9. The number of terminal acetylenes is 1. The number of nitrogens with two attached hydrogens (primary N) is 1. The third-order valence-electron chi connectivity index (χ3n) is 15.4. The van der Waals surface area contributed by atoms with E-state index >= 15 is 0 Å². The number of piperidine rings is 2. The summed E-state index contributed by atoms with van der Waals surface area (Å²) in [5.74, 6) is 15.0. The molecule has 3 spiro atoms. The molecule has 67 heavy (non-hydrogen) atoms. The van der Waals surface area contributed by atoms with Gasteiger partial charge in [0.15, 0.2) is 0 Å². The summed E-state index contributed by atoms with van der Waals surface area (Å²) in [6.45, 7) is 6.47. The molecule has 8 aliphatic rings. The summed E-state index contributed by atoms with van der Waals surface area (Å²) in [6, 6.07) is 12.6. The Kier molecular flexibility index (Phi) is 15.6. The van der Waals surface area contributed by atoms with Crippen molar-refractivity contribution in [2.45, 2.75) is 113 Å². The monoisotopic (exact) mass is 1030 g/mol. The van der Waals surface area contributed by atoms with Gasteiger partial charge in [-0.2, -0.15) is 0 Å². The van der Waals surface area contributed by atoms with Gasteiger partial charge in [-0.25, -0.2) is 4.99 Å². The maximum absolute atomic E-state index is 6.06. The number of rotatable bonds is 5. The van der Waals surface area contributed by atoms with Crippen LogP contribution in [0.5, 0.6) is 17.2 Å². The first kappa shape index (κ1) is 48.9. The van der Waals surface area contributed by atoms with Gasteiger partial charge in [0.05, 0.1) is 70.9 Å². The number of aliphatic imine (C=N–C) groups is 3. The van der Waals surface area contributed by atoms with Crippen LogP contribution in [0.3, 0.4) is 0 Å². The van der Waals surface area contributed by atoms with Crippen LogP contribution in [0.1, 0.15) is 119 Å². The van der Waals surface area contributed by atoms with Crippen LogP contribution in [0.15, 0.2) is 60.3 Å². The van der Waals surface area contributed by atoms with Gasteiger partial charge < -0.3 is 30.6 Å². The lowest BCUT2D eigenvalue weighted by Crippen LogP contribution is -2.44. The standard InChI is InChI=1S/C21H27N3O.C13H15BrN2O.C12H13BrN2O.C8H13N/c1-22-20-21(9-7-10-21)17-15-19(25-2)16(14-18(17)23-20)8-6-13-24-11-4-3-5-12-24;1-15-12-13(4-3-5-13)8-6-11(17-2)9(14)7-10(8)16-12;1-16-10-5-7-9(6-8(10)13)15-11(14)12(7)3-2-4-12;1-2-6-9-7-4-3-5-8-9/h14-15H,3-5,7,9-13H2,1-2H3,(H,22,23);6-7H,3-5H2,1-2H3,(H,15,16);5-6H,2-4H2,1H3,(H2,14,15);1H,3-8H2. The van der Waals surface area contributed by atoms with E-state index in [2.05, 4.69) is 115 Å². The Bertz CT molecular complexity index is 2490. The second kappa shape index (κ2) is 21.4. The smallest absolute Gasteiger partial charge is 0.134 e. The molecule has 2 saturated heterocycles. The van der Waals surface area contributed by atoms with Crippen molar-refractivity contribution in [1.82, 2.24) is 9.80 Å². The highest BCUT2D eigenvalue weighted by Gasteiger charge is 2.51. The molecule has 11 nitrogen and oxygen atoms in total. The Morgan fingerprint density at radius 2 is 1.09 bits per heavy atom. The molecule has 356 valence electrons. The zero-order valence-electron chi connectivity index (χ0n) is 40.2. The highest BCUT2D eigenvalue weighted by Crippen LogP contribution is 2.55. The maximum atomic E-state index is 6.06. The first-order chi connectivity index (χ1) is 32.6. The predicted octanol–water partition coefficient (Wildman–Crippen LogP) is 10.7. The number of fused-ring (bicyclic) bond motifs is 6. The van der Waals surface area contributed by atoms with Crippen LogP contribution >= 0.6 is 31.9 Å². The zero-order valence-corrected chi connectivity index (χ0v) is 43.4. The normalized spacial score (nSPS) is 21.8. The van der Waals surface area contributed by atoms with E-state index in [-0.39, 0.29) is 16.2 Å². The summed E-state index contributed by atoms with van der Waals surface area (Å²) in [5.41, 5.74) is 14.5. The highest BCUT2D eigenvalue weighted by molar-refractivity contribution is 9.11. The van der Waals surface area contributed by atoms with Crippen molar-refractivity contribution in [3.05, 3.63) is 67.6 Å². The van der Waals surface area contributed by atoms with E-state index in [1.165, 1.54) is 126 Å². The van der Waals surface area contributed by atoms with Crippen molar-refractivity contribution < 1.29 is 14.2 Å². The van der Waals surface area contributed by atoms with Crippen molar-refractivity contribution in [3.8, 4) is 41.4 Å². The number of methoxy groups -OCH3 is 3. The number of amidine groups is 3. The van der Waals surface area contributed by atoms with Crippen LogP contribution in [0, 0.1) is 24.2 Å². The fourth-order valence-corrected chi connectivity index (χ4v) is 12.1. The molecule has 0 bridgehead atoms. The average Bonchev–Trinajstić information content (AvgIpc) is 3.93. The molecule has 5 heterocycles. The lowest BCUT2D eigenvalue weighted by molar-refractivity contribution is 0.255. The van der Waals surface area contributed by atoms with E-state index in [1.54, 1.807) is 21.3 Å². The number of nitrogens with zero attached hydrogens (tertiary/aromatic N) is 5. The van der Waals surface area contributed by atoms with E-state index in [4.69, 9.17) is 26.4 Å². The summed E-state index contributed by atoms with van der Waals surface area (Å²) in [7, 11) is 8.86. The molecule has 0 amide bonds. The minimum absolute atomic E-state index is 0.0172. The van der Waals surface area contributed by atoms with Crippen LogP contribution in [0.2, 0.25) is 0 Å². The summed E-state index contributed by atoms with van der Waals surface area (Å²) in [5, 5.41) is 6.96. The number of hydrogen-bond donors (Lipinski definition) is 3. The molecule has 0 radical (unpaired) electrons.